The van der Waals surface area contributed by atoms with Gasteiger partial charge in [0.25, 0.3) is 5.56 Å². The van der Waals surface area contributed by atoms with Crippen LogP contribution in [0.25, 0.3) is 0 Å². The zero-order valence-electron chi connectivity index (χ0n) is 15.6. The fraction of sp³-hybridized carbons (Fsp3) is 0.474. The summed E-state index contributed by atoms with van der Waals surface area (Å²) in [5, 5.41) is 4.16. The molecule has 0 spiro atoms. The van der Waals surface area contributed by atoms with Crippen molar-refractivity contribution in [2.24, 2.45) is 0 Å². The van der Waals surface area contributed by atoms with Gasteiger partial charge in [0.2, 0.25) is 5.91 Å². The van der Waals surface area contributed by atoms with Crippen molar-refractivity contribution < 1.29 is 4.79 Å². The van der Waals surface area contributed by atoms with Crippen LogP contribution in [0.5, 0.6) is 0 Å². The quantitative estimate of drug-likeness (QED) is 0.810. The largest absolute Gasteiger partial charge is 0.332 e. The minimum atomic E-state index is -0.259. The second kappa shape index (κ2) is 7.78. The molecule has 7 heteroatoms. The number of amides is 1. The lowest BCUT2D eigenvalue weighted by molar-refractivity contribution is -0.133. The first-order valence-corrected chi connectivity index (χ1v) is 8.89. The average molecular weight is 355 g/mol. The minimum Gasteiger partial charge on any atom is -0.332 e. The fourth-order valence-corrected chi connectivity index (χ4v) is 3.35. The van der Waals surface area contributed by atoms with Gasteiger partial charge < -0.3 is 9.80 Å². The van der Waals surface area contributed by atoms with Crippen LogP contribution in [0.3, 0.4) is 0 Å². The number of pyridine rings is 1. The molecule has 1 aliphatic rings. The van der Waals surface area contributed by atoms with E-state index < -0.39 is 0 Å². The number of nitrogens with zero attached hydrogens (tertiary/aromatic N) is 5. The van der Waals surface area contributed by atoms with Crippen molar-refractivity contribution in [2.45, 2.75) is 38.9 Å². The third-order valence-corrected chi connectivity index (χ3v) is 4.51. The molecule has 0 aromatic carbocycles. The number of hydrogen-bond acceptors (Lipinski definition) is 5. The topological polar surface area (TPSA) is 71.3 Å². The lowest BCUT2D eigenvalue weighted by Gasteiger charge is -2.25. The number of rotatable bonds is 5. The van der Waals surface area contributed by atoms with Gasteiger partial charge in [-0.1, -0.05) is 6.07 Å². The van der Waals surface area contributed by atoms with E-state index in [0.717, 1.165) is 30.8 Å². The van der Waals surface area contributed by atoms with Gasteiger partial charge in [-0.2, -0.15) is 5.10 Å². The zero-order chi connectivity index (χ0) is 18.7. The maximum absolute atomic E-state index is 12.8. The van der Waals surface area contributed by atoms with Crippen molar-refractivity contribution in [1.29, 1.82) is 0 Å². The second-order valence-electron chi connectivity index (χ2n) is 7.01. The van der Waals surface area contributed by atoms with Gasteiger partial charge in [-0.15, -0.1) is 0 Å². The Bertz CT molecular complexity index is 846. The predicted octanol–water partition coefficient (Wildman–Crippen LogP) is 1.37. The van der Waals surface area contributed by atoms with Gasteiger partial charge in [0.15, 0.2) is 0 Å². The minimum absolute atomic E-state index is 0.0333. The van der Waals surface area contributed by atoms with Crippen LogP contribution in [0.2, 0.25) is 0 Å². The second-order valence-corrected chi connectivity index (χ2v) is 7.01. The van der Waals surface area contributed by atoms with Crippen LogP contribution in [0.1, 0.15) is 36.0 Å². The molecule has 0 N–H and O–H groups in total. The Morgan fingerprint density at radius 1 is 1.27 bits per heavy atom. The number of aryl methyl sites for hydroxylation is 1. The molecule has 3 rings (SSSR count). The maximum atomic E-state index is 12.8. The third-order valence-electron chi connectivity index (χ3n) is 4.51. The highest BCUT2D eigenvalue weighted by atomic mass is 16.2. The van der Waals surface area contributed by atoms with Crippen molar-refractivity contribution in [2.75, 3.05) is 20.6 Å². The van der Waals surface area contributed by atoms with E-state index in [0.29, 0.717) is 12.2 Å². The summed E-state index contributed by atoms with van der Waals surface area (Å²) in [5.74, 6) is -0.0903. The van der Waals surface area contributed by atoms with Crippen molar-refractivity contribution in [3.63, 3.8) is 0 Å². The van der Waals surface area contributed by atoms with Crippen LogP contribution in [-0.2, 0) is 17.9 Å². The van der Waals surface area contributed by atoms with Crippen LogP contribution in [0.15, 0.2) is 35.1 Å². The normalized spacial score (nSPS) is 17.1. The molecule has 3 heterocycles. The summed E-state index contributed by atoms with van der Waals surface area (Å²) in [6.45, 7) is 3.22. The number of aromatic nitrogens is 3. The summed E-state index contributed by atoms with van der Waals surface area (Å²) in [7, 11) is 4.01. The van der Waals surface area contributed by atoms with Gasteiger partial charge in [0.1, 0.15) is 6.54 Å². The van der Waals surface area contributed by atoms with Crippen LogP contribution in [0, 0.1) is 6.92 Å². The molecule has 0 bridgehead atoms. The molecule has 1 saturated heterocycles. The van der Waals surface area contributed by atoms with E-state index in [-0.39, 0.29) is 24.1 Å². The molecule has 0 aliphatic carbocycles. The molecule has 2 aromatic rings. The van der Waals surface area contributed by atoms with Gasteiger partial charge in [-0.05, 0) is 52.1 Å². The van der Waals surface area contributed by atoms with Crippen molar-refractivity contribution in [3.8, 4) is 0 Å². The maximum Gasteiger partial charge on any atom is 0.267 e. The van der Waals surface area contributed by atoms with Gasteiger partial charge >= 0.3 is 0 Å². The molecular formula is C19H25N5O2. The first-order valence-electron chi connectivity index (χ1n) is 8.89. The van der Waals surface area contributed by atoms with Crippen molar-refractivity contribution >= 4 is 5.91 Å². The molecule has 0 saturated carbocycles. The molecule has 1 fully saturated rings. The molecule has 0 radical (unpaired) electrons. The summed E-state index contributed by atoms with van der Waals surface area (Å²) in [5.41, 5.74) is 2.36. The molecule has 1 amide bonds. The Kier molecular flexibility index (Phi) is 5.46. The molecular weight excluding hydrogens is 330 g/mol. The Balaban J connectivity index is 1.78. The molecule has 0 unspecified atom stereocenters. The summed E-state index contributed by atoms with van der Waals surface area (Å²) in [6, 6.07) is 9.04. The van der Waals surface area contributed by atoms with Gasteiger partial charge in [0, 0.05) is 19.2 Å². The van der Waals surface area contributed by atoms with E-state index >= 15 is 0 Å². The van der Waals surface area contributed by atoms with Gasteiger partial charge in [0.05, 0.1) is 23.1 Å². The Morgan fingerprint density at radius 2 is 2.08 bits per heavy atom. The van der Waals surface area contributed by atoms with Crippen molar-refractivity contribution in [3.05, 3.63) is 57.8 Å². The molecule has 2 aromatic heterocycles. The fourth-order valence-electron chi connectivity index (χ4n) is 3.35. The average Bonchev–Trinajstić information content (AvgIpc) is 3.07. The smallest absolute Gasteiger partial charge is 0.267 e. The molecule has 7 nitrogen and oxygen atoms in total. The van der Waals surface area contributed by atoms with Crippen LogP contribution >= 0.6 is 0 Å². The van der Waals surface area contributed by atoms with Gasteiger partial charge in [-0.3, -0.25) is 14.6 Å². The Labute approximate surface area is 153 Å². The van der Waals surface area contributed by atoms with Gasteiger partial charge in [-0.25, -0.2) is 4.68 Å². The number of carbonyl (C=O) groups is 1. The summed E-state index contributed by atoms with van der Waals surface area (Å²) in [6.07, 6.45) is 1.83. The Morgan fingerprint density at radius 3 is 2.85 bits per heavy atom. The van der Waals surface area contributed by atoms with E-state index in [1.54, 1.807) is 13.0 Å². The van der Waals surface area contributed by atoms with E-state index in [2.05, 4.69) is 10.00 Å². The SMILES string of the molecule is Cc1ccc(=O)n(CC(=O)N2CCC[C@@H]2c2cccc(CN(C)C)n2)n1. The van der Waals surface area contributed by atoms with E-state index in [1.165, 1.54) is 10.7 Å². The van der Waals surface area contributed by atoms with Crippen LogP contribution < -0.4 is 5.56 Å². The first kappa shape index (κ1) is 18.3. The molecule has 1 aliphatic heterocycles. The zero-order valence-corrected chi connectivity index (χ0v) is 15.6. The van der Waals surface area contributed by atoms with Crippen molar-refractivity contribution in [1.82, 2.24) is 24.6 Å². The third kappa shape index (κ3) is 4.16. The van der Waals surface area contributed by atoms with E-state index in [4.69, 9.17) is 4.98 Å². The lowest BCUT2D eigenvalue weighted by atomic mass is 10.1. The molecule has 138 valence electrons. The standard InChI is InChI=1S/C19H25N5O2/c1-14-9-10-18(25)24(21-14)13-19(26)23-11-5-8-17(23)16-7-4-6-15(20-16)12-22(2)3/h4,6-7,9-10,17H,5,8,11-13H2,1-3H3/t17-/m1/s1. The Hall–Kier alpha value is -2.54. The molecule has 1 atom stereocenters. The first-order chi connectivity index (χ1) is 12.4. The number of carbonyl (C=O) groups excluding carboxylic acids is 1. The highest BCUT2D eigenvalue weighted by Crippen LogP contribution is 2.31. The predicted molar refractivity (Wildman–Crippen MR) is 98.6 cm³/mol. The molecule has 26 heavy (non-hydrogen) atoms. The summed E-state index contributed by atoms with van der Waals surface area (Å²) in [4.78, 5) is 33.4. The van der Waals surface area contributed by atoms with E-state index in [9.17, 15) is 9.59 Å². The highest BCUT2D eigenvalue weighted by molar-refractivity contribution is 5.76. The van der Waals surface area contributed by atoms with Crippen LogP contribution in [-0.4, -0.2) is 51.1 Å². The lowest BCUT2D eigenvalue weighted by Crippen LogP contribution is -2.37. The highest BCUT2D eigenvalue weighted by Gasteiger charge is 2.31. The van der Waals surface area contributed by atoms with Crippen LogP contribution in [0.4, 0.5) is 0 Å². The summed E-state index contributed by atoms with van der Waals surface area (Å²) >= 11 is 0. The monoisotopic (exact) mass is 355 g/mol. The summed E-state index contributed by atoms with van der Waals surface area (Å²) < 4.78 is 1.24. The number of likely N-dealkylation sites (tertiary alicyclic amines) is 1. The number of hydrogen-bond donors (Lipinski definition) is 0. The van der Waals surface area contributed by atoms with E-state index in [1.807, 2.05) is 37.2 Å².